The van der Waals surface area contributed by atoms with Crippen LogP contribution in [0.2, 0.25) is 0 Å². The Morgan fingerprint density at radius 2 is 1.21 bits per heavy atom. The fraction of sp³-hybridized carbons (Fsp3) is 0. The summed E-state index contributed by atoms with van der Waals surface area (Å²) in [5, 5.41) is 13.6. The van der Waals surface area contributed by atoms with Gasteiger partial charge in [-0.25, -0.2) is 9.13 Å². The first kappa shape index (κ1) is 20.5. The summed E-state index contributed by atoms with van der Waals surface area (Å²) in [5.41, 5.74) is 0. The van der Waals surface area contributed by atoms with Crippen molar-refractivity contribution in [2.45, 2.75) is 0 Å². The van der Waals surface area contributed by atoms with E-state index in [4.69, 9.17) is 34.9 Å². The third-order valence-corrected chi connectivity index (χ3v) is 1.91. The van der Waals surface area contributed by atoms with E-state index in [9.17, 15) is 9.13 Å². The molecule has 0 aliphatic carbocycles. The molecular formula is H6KNO10P2. The van der Waals surface area contributed by atoms with Crippen molar-refractivity contribution in [2.24, 2.45) is 0 Å². The Labute approximate surface area is 119 Å². The van der Waals surface area contributed by atoms with Crippen LogP contribution in [0.1, 0.15) is 0 Å². The summed E-state index contributed by atoms with van der Waals surface area (Å²) in [6, 6.07) is 0. The molecule has 14 heteroatoms. The van der Waals surface area contributed by atoms with Crippen molar-refractivity contribution in [1.29, 1.82) is 0 Å². The standard InChI is InChI=1S/K.HNO3.H4O7P2.H/c;2-1(3)4;1-8(2,3)7-9(4,5)6;/h;(H,2,3,4);(H2,1,2,3)(H2,4,5,6);. The van der Waals surface area contributed by atoms with E-state index in [1.165, 1.54) is 0 Å². The van der Waals surface area contributed by atoms with Gasteiger partial charge >= 0.3 is 67.0 Å². The van der Waals surface area contributed by atoms with Crippen LogP contribution in [-0.2, 0) is 13.4 Å². The summed E-state index contributed by atoms with van der Waals surface area (Å²) in [6.07, 6.45) is 0. The van der Waals surface area contributed by atoms with Crippen LogP contribution in [0, 0.1) is 10.1 Å². The van der Waals surface area contributed by atoms with E-state index in [0.29, 0.717) is 0 Å². The maximum atomic E-state index is 9.63. The van der Waals surface area contributed by atoms with Crippen LogP contribution < -0.4 is 0 Å². The number of rotatable bonds is 2. The second-order valence-corrected chi connectivity index (χ2v) is 3.92. The van der Waals surface area contributed by atoms with Crippen LogP contribution >= 0.6 is 15.6 Å². The molecule has 0 aromatic heterocycles. The topological polar surface area (TPSA) is 188 Å². The molecule has 5 N–H and O–H groups in total. The van der Waals surface area contributed by atoms with Crippen molar-refractivity contribution in [3.8, 4) is 0 Å². The number of nitrogens with zero attached hydrogens (tertiary/aromatic N) is 1. The molecule has 0 saturated heterocycles. The second kappa shape index (κ2) is 8.27. The first-order valence-corrected chi connectivity index (χ1v) is 5.16. The van der Waals surface area contributed by atoms with Crippen LogP contribution in [0.15, 0.2) is 0 Å². The zero-order chi connectivity index (χ0) is 11.3. The average molecular weight is 281 g/mol. The Balaban J connectivity index is -0.000000209. The summed E-state index contributed by atoms with van der Waals surface area (Å²) < 4.78 is 22.2. The van der Waals surface area contributed by atoms with Crippen molar-refractivity contribution >= 4 is 67.0 Å². The van der Waals surface area contributed by atoms with E-state index in [-0.39, 0.29) is 51.4 Å². The van der Waals surface area contributed by atoms with Crippen molar-refractivity contribution in [1.82, 2.24) is 0 Å². The van der Waals surface area contributed by atoms with Gasteiger partial charge in [-0.05, 0) is 0 Å². The molecule has 14 heavy (non-hydrogen) atoms. The molecule has 0 aliphatic rings. The Bertz CT molecular complexity index is 223. The molecule has 82 valence electrons. The monoisotopic (exact) mass is 281 g/mol. The van der Waals surface area contributed by atoms with Gasteiger partial charge in [0.25, 0.3) is 5.09 Å². The van der Waals surface area contributed by atoms with E-state index in [1.54, 1.807) is 0 Å². The molecule has 0 aromatic rings. The van der Waals surface area contributed by atoms with Gasteiger partial charge in [-0.2, -0.15) is 4.31 Å². The van der Waals surface area contributed by atoms with E-state index < -0.39 is 20.7 Å². The van der Waals surface area contributed by atoms with Crippen LogP contribution in [0.3, 0.4) is 0 Å². The predicted octanol–water partition coefficient (Wildman–Crippen LogP) is -1.81. The normalized spacial score (nSPS) is 10.6. The molecule has 0 aromatic carbocycles. The summed E-state index contributed by atoms with van der Waals surface area (Å²) in [6.45, 7) is 0. The Kier molecular flexibility index (Phi) is 12.1. The molecule has 0 amide bonds. The van der Waals surface area contributed by atoms with Gasteiger partial charge in [0.05, 0.1) is 0 Å². The van der Waals surface area contributed by atoms with Crippen LogP contribution in [-0.4, -0.2) is 81.3 Å². The van der Waals surface area contributed by atoms with Gasteiger partial charge < -0.3 is 24.8 Å². The molecule has 0 bridgehead atoms. The van der Waals surface area contributed by atoms with Gasteiger partial charge in [0.15, 0.2) is 0 Å². The van der Waals surface area contributed by atoms with E-state index >= 15 is 0 Å². The molecule has 0 rings (SSSR count). The molecule has 0 saturated carbocycles. The molecule has 0 spiro atoms. The Morgan fingerprint density at radius 3 is 1.21 bits per heavy atom. The molecular weight excluding hydrogens is 275 g/mol. The Morgan fingerprint density at radius 1 is 1.07 bits per heavy atom. The second-order valence-electron chi connectivity index (χ2n) is 1.30. The summed E-state index contributed by atoms with van der Waals surface area (Å²) in [5.74, 6) is 0. The van der Waals surface area contributed by atoms with Crippen LogP contribution in [0.4, 0.5) is 0 Å². The first-order chi connectivity index (χ1) is 5.44. The van der Waals surface area contributed by atoms with E-state index in [1.807, 2.05) is 0 Å². The minimum atomic E-state index is -5.05. The zero-order valence-electron chi connectivity index (χ0n) is 5.62. The molecule has 0 radical (unpaired) electrons. The molecule has 0 unspecified atom stereocenters. The van der Waals surface area contributed by atoms with Gasteiger partial charge in [-0.3, -0.25) is 0 Å². The predicted molar refractivity (Wildman–Crippen MR) is 41.1 cm³/mol. The third kappa shape index (κ3) is 38.1. The minimum absolute atomic E-state index is 0. The summed E-state index contributed by atoms with van der Waals surface area (Å²) >= 11 is 0. The van der Waals surface area contributed by atoms with Gasteiger partial charge in [-0.1, -0.05) is 0 Å². The number of hydrogen-bond acceptors (Lipinski definition) is 5. The molecule has 0 aliphatic heterocycles. The fourth-order valence-corrected chi connectivity index (χ4v) is 1.25. The molecule has 0 fully saturated rings. The Hall–Kier alpha value is 1.10. The summed E-state index contributed by atoms with van der Waals surface area (Å²) in [4.78, 5) is 39.4. The number of hydrogen-bond donors (Lipinski definition) is 5. The van der Waals surface area contributed by atoms with Crippen molar-refractivity contribution < 1.29 is 43.3 Å². The van der Waals surface area contributed by atoms with Crippen molar-refractivity contribution in [3.63, 3.8) is 0 Å². The van der Waals surface area contributed by atoms with Gasteiger partial charge in [0.1, 0.15) is 0 Å². The van der Waals surface area contributed by atoms with E-state index in [2.05, 4.69) is 4.31 Å². The van der Waals surface area contributed by atoms with Crippen molar-refractivity contribution in [3.05, 3.63) is 10.1 Å². The maximum absolute atomic E-state index is 9.63. The third-order valence-electron chi connectivity index (χ3n) is 0.213. The van der Waals surface area contributed by atoms with Gasteiger partial charge in [-0.15, -0.1) is 10.1 Å². The number of phosphoric acid groups is 2. The fourth-order valence-electron chi connectivity index (χ4n) is 0.139. The van der Waals surface area contributed by atoms with Crippen LogP contribution in [0.5, 0.6) is 0 Å². The van der Waals surface area contributed by atoms with Gasteiger partial charge in [0, 0.05) is 0 Å². The van der Waals surface area contributed by atoms with Gasteiger partial charge in [0.2, 0.25) is 0 Å². The molecule has 11 nitrogen and oxygen atoms in total. The summed E-state index contributed by atoms with van der Waals surface area (Å²) in [7, 11) is -10.1. The molecule has 0 heterocycles. The SMILES string of the molecule is O=P(O)(O)OP(=O)(O)O.O=[N+]([O-])O.[KH]. The van der Waals surface area contributed by atoms with E-state index in [0.717, 1.165) is 0 Å². The van der Waals surface area contributed by atoms with Crippen molar-refractivity contribution in [2.75, 3.05) is 0 Å². The zero-order valence-corrected chi connectivity index (χ0v) is 7.41. The van der Waals surface area contributed by atoms with Crippen LogP contribution in [0.25, 0.3) is 0 Å². The molecule has 0 atom stereocenters. The average Bonchev–Trinajstić information content (AvgIpc) is 1.47. The first-order valence-electron chi connectivity index (χ1n) is 2.10. The quantitative estimate of drug-likeness (QED) is 0.167.